The zero-order chi connectivity index (χ0) is 13.0. The first kappa shape index (κ1) is 12.1. The van der Waals surface area contributed by atoms with E-state index in [1.807, 2.05) is 0 Å². The molecule has 0 radical (unpaired) electrons. The van der Waals surface area contributed by atoms with Crippen LogP contribution < -0.4 is 4.74 Å². The fourth-order valence-corrected chi connectivity index (χ4v) is 4.65. The summed E-state index contributed by atoms with van der Waals surface area (Å²) >= 11 is 0. The lowest BCUT2D eigenvalue weighted by molar-refractivity contribution is 0.0701. The van der Waals surface area contributed by atoms with Crippen LogP contribution in [0.15, 0.2) is 18.2 Å². The van der Waals surface area contributed by atoms with Crippen molar-refractivity contribution in [2.45, 2.75) is 51.9 Å². The van der Waals surface area contributed by atoms with Crippen molar-refractivity contribution in [1.82, 2.24) is 0 Å². The fraction of sp³-hybridized carbons (Fsp3) is 0.647. The van der Waals surface area contributed by atoms with Gasteiger partial charge in [-0.05, 0) is 53.2 Å². The summed E-state index contributed by atoms with van der Waals surface area (Å²) in [6.45, 7) is 7.38. The number of hydrogen-bond acceptors (Lipinski definition) is 1. The number of ether oxygens (including phenoxy) is 1. The Hall–Kier alpha value is -0.980. The Labute approximate surface area is 111 Å². The summed E-state index contributed by atoms with van der Waals surface area (Å²) in [5.74, 6) is 1.86. The van der Waals surface area contributed by atoms with E-state index in [2.05, 4.69) is 39.0 Å². The van der Waals surface area contributed by atoms with Crippen LogP contribution in [0.25, 0.3) is 0 Å². The molecule has 1 aromatic carbocycles. The van der Waals surface area contributed by atoms with Gasteiger partial charge in [0.2, 0.25) is 0 Å². The van der Waals surface area contributed by atoms with Crippen LogP contribution in [0.4, 0.5) is 0 Å². The monoisotopic (exact) mass is 244 g/mol. The van der Waals surface area contributed by atoms with Gasteiger partial charge in [0.1, 0.15) is 5.75 Å². The number of benzene rings is 1. The van der Waals surface area contributed by atoms with Gasteiger partial charge < -0.3 is 4.74 Å². The summed E-state index contributed by atoms with van der Waals surface area (Å²) in [4.78, 5) is 0. The van der Waals surface area contributed by atoms with Crippen LogP contribution in [0, 0.1) is 11.3 Å². The average Bonchev–Trinajstić information content (AvgIpc) is 2.64. The number of rotatable bonds is 1. The highest BCUT2D eigenvalue weighted by Crippen LogP contribution is 2.59. The largest absolute Gasteiger partial charge is 0.496 e. The van der Waals surface area contributed by atoms with Gasteiger partial charge in [-0.15, -0.1) is 0 Å². The maximum absolute atomic E-state index is 5.58. The summed E-state index contributed by atoms with van der Waals surface area (Å²) in [5, 5.41) is 0. The predicted octanol–water partition coefficient (Wildman–Crippen LogP) is 4.34. The Morgan fingerprint density at radius 1 is 1.17 bits per heavy atom. The van der Waals surface area contributed by atoms with Gasteiger partial charge in [0.15, 0.2) is 0 Å². The summed E-state index contributed by atoms with van der Waals surface area (Å²) in [5.41, 5.74) is 3.85. The molecule has 0 N–H and O–H groups in total. The third-order valence-electron chi connectivity index (χ3n) is 5.61. The molecule has 2 aliphatic rings. The molecule has 2 aliphatic carbocycles. The molecule has 3 rings (SSSR count). The van der Waals surface area contributed by atoms with E-state index >= 15 is 0 Å². The predicted molar refractivity (Wildman–Crippen MR) is 75.2 cm³/mol. The second-order valence-corrected chi connectivity index (χ2v) is 7.00. The molecule has 0 bridgehead atoms. The molecule has 0 amide bonds. The Balaban J connectivity index is 2.14. The van der Waals surface area contributed by atoms with Crippen LogP contribution >= 0.6 is 0 Å². The molecule has 1 saturated carbocycles. The van der Waals surface area contributed by atoms with Gasteiger partial charge in [-0.3, -0.25) is 0 Å². The standard InChI is InChI=1S/C17H24O/c1-16(2)9-6-10-17(3)13-7-5-8-14(18-4)12(13)11-15(16)17/h5,7-8,15H,6,9-11H2,1-4H3/t15-,17+/m0/s1. The minimum absolute atomic E-state index is 0.367. The maximum Gasteiger partial charge on any atom is 0.122 e. The van der Waals surface area contributed by atoms with Crippen LogP contribution in [-0.2, 0) is 11.8 Å². The molecule has 0 unspecified atom stereocenters. The van der Waals surface area contributed by atoms with Crippen molar-refractivity contribution in [3.05, 3.63) is 29.3 Å². The van der Waals surface area contributed by atoms with E-state index in [1.54, 1.807) is 12.7 Å². The molecule has 0 aromatic heterocycles. The summed E-state index contributed by atoms with van der Waals surface area (Å²) in [6, 6.07) is 6.61. The smallest absolute Gasteiger partial charge is 0.122 e. The Bertz CT molecular complexity index is 474. The molecule has 0 heterocycles. The Morgan fingerprint density at radius 2 is 1.94 bits per heavy atom. The van der Waals surface area contributed by atoms with E-state index < -0.39 is 0 Å². The Morgan fingerprint density at radius 3 is 2.67 bits per heavy atom. The SMILES string of the molecule is COc1cccc2c1C[C@H]1C(C)(C)CCC[C@]21C. The Kier molecular flexibility index (Phi) is 2.52. The van der Waals surface area contributed by atoms with Crippen LogP contribution in [0.5, 0.6) is 5.75 Å². The van der Waals surface area contributed by atoms with Crippen molar-refractivity contribution in [2.75, 3.05) is 7.11 Å². The molecule has 0 aliphatic heterocycles. The number of hydrogen-bond donors (Lipinski definition) is 0. The van der Waals surface area contributed by atoms with E-state index in [4.69, 9.17) is 4.74 Å². The zero-order valence-corrected chi connectivity index (χ0v) is 12.0. The number of methoxy groups -OCH3 is 1. The van der Waals surface area contributed by atoms with Gasteiger partial charge in [-0.25, -0.2) is 0 Å². The lowest BCUT2D eigenvalue weighted by atomic mass is 9.57. The highest BCUT2D eigenvalue weighted by atomic mass is 16.5. The van der Waals surface area contributed by atoms with E-state index in [0.717, 1.165) is 11.7 Å². The maximum atomic E-state index is 5.58. The zero-order valence-electron chi connectivity index (χ0n) is 12.0. The van der Waals surface area contributed by atoms with Crippen LogP contribution in [-0.4, -0.2) is 7.11 Å². The average molecular weight is 244 g/mol. The molecule has 1 fully saturated rings. The quantitative estimate of drug-likeness (QED) is 0.714. The van der Waals surface area contributed by atoms with Gasteiger partial charge in [0.05, 0.1) is 7.11 Å². The van der Waals surface area contributed by atoms with Gasteiger partial charge in [0, 0.05) is 0 Å². The molecule has 1 heteroatoms. The number of fused-ring (bicyclic) bond motifs is 3. The first-order valence-corrected chi connectivity index (χ1v) is 7.15. The third-order valence-corrected chi connectivity index (χ3v) is 5.61. The van der Waals surface area contributed by atoms with Gasteiger partial charge in [-0.2, -0.15) is 0 Å². The summed E-state index contributed by atoms with van der Waals surface area (Å²) < 4.78 is 5.58. The van der Waals surface area contributed by atoms with Crippen molar-refractivity contribution in [1.29, 1.82) is 0 Å². The van der Waals surface area contributed by atoms with Crippen LogP contribution in [0.3, 0.4) is 0 Å². The molecule has 18 heavy (non-hydrogen) atoms. The normalized spacial score (nSPS) is 32.8. The minimum atomic E-state index is 0.367. The lowest BCUT2D eigenvalue weighted by Gasteiger charge is -2.47. The third kappa shape index (κ3) is 1.46. The van der Waals surface area contributed by atoms with Crippen LogP contribution in [0.1, 0.15) is 51.2 Å². The van der Waals surface area contributed by atoms with Gasteiger partial charge >= 0.3 is 0 Å². The highest BCUT2D eigenvalue weighted by molar-refractivity contribution is 5.49. The molecule has 98 valence electrons. The van der Waals surface area contributed by atoms with Crippen molar-refractivity contribution >= 4 is 0 Å². The van der Waals surface area contributed by atoms with E-state index in [9.17, 15) is 0 Å². The molecular formula is C17H24O. The molecule has 2 atom stereocenters. The second kappa shape index (κ2) is 3.76. The van der Waals surface area contributed by atoms with Crippen molar-refractivity contribution in [3.8, 4) is 5.75 Å². The molecule has 0 saturated heterocycles. The molecule has 1 nitrogen and oxygen atoms in total. The first-order chi connectivity index (χ1) is 8.49. The van der Waals surface area contributed by atoms with E-state index in [-0.39, 0.29) is 0 Å². The van der Waals surface area contributed by atoms with Crippen molar-refractivity contribution < 1.29 is 4.74 Å². The minimum Gasteiger partial charge on any atom is -0.496 e. The molecule has 0 spiro atoms. The summed E-state index contributed by atoms with van der Waals surface area (Å²) in [6.07, 6.45) is 5.25. The molecular weight excluding hydrogens is 220 g/mol. The fourth-order valence-electron chi connectivity index (χ4n) is 4.65. The topological polar surface area (TPSA) is 9.23 Å². The molecule has 1 aromatic rings. The van der Waals surface area contributed by atoms with Crippen molar-refractivity contribution in [3.63, 3.8) is 0 Å². The van der Waals surface area contributed by atoms with Crippen molar-refractivity contribution in [2.24, 2.45) is 11.3 Å². The van der Waals surface area contributed by atoms with E-state index in [1.165, 1.54) is 31.2 Å². The summed E-state index contributed by atoms with van der Waals surface area (Å²) in [7, 11) is 1.80. The van der Waals surface area contributed by atoms with Gasteiger partial charge in [0.25, 0.3) is 0 Å². The highest BCUT2D eigenvalue weighted by Gasteiger charge is 2.52. The van der Waals surface area contributed by atoms with Gasteiger partial charge in [-0.1, -0.05) is 39.3 Å². The first-order valence-electron chi connectivity index (χ1n) is 7.15. The van der Waals surface area contributed by atoms with Crippen LogP contribution in [0.2, 0.25) is 0 Å². The lowest BCUT2D eigenvalue weighted by Crippen LogP contribution is -2.42. The van der Waals surface area contributed by atoms with E-state index in [0.29, 0.717) is 10.8 Å². The second-order valence-electron chi connectivity index (χ2n) is 7.00.